The van der Waals surface area contributed by atoms with E-state index >= 15 is 0 Å². The van der Waals surface area contributed by atoms with Crippen molar-refractivity contribution in [3.8, 4) is 0 Å². The van der Waals surface area contributed by atoms with Gasteiger partial charge in [-0.15, -0.1) is 0 Å². The van der Waals surface area contributed by atoms with Gasteiger partial charge >= 0.3 is 0 Å². The Morgan fingerprint density at radius 3 is 2.88 bits per heavy atom. The number of carbonyl (C=O) groups is 1. The molecule has 1 heterocycles. The second-order valence-corrected chi connectivity index (χ2v) is 4.39. The molecule has 1 fully saturated rings. The second-order valence-electron chi connectivity index (χ2n) is 4.39. The van der Waals surface area contributed by atoms with Gasteiger partial charge in [-0.25, -0.2) is 0 Å². The summed E-state index contributed by atoms with van der Waals surface area (Å²) < 4.78 is 1.44. The lowest BCUT2D eigenvalue weighted by Crippen LogP contribution is -2.24. The highest BCUT2D eigenvalue weighted by atomic mass is 16.1. The Morgan fingerprint density at radius 1 is 1.47 bits per heavy atom. The van der Waals surface area contributed by atoms with Crippen LogP contribution in [0.5, 0.6) is 0 Å². The van der Waals surface area contributed by atoms with Gasteiger partial charge in [0.15, 0.2) is 0 Å². The Kier molecular flexibility index (Phi) is 3.58. The van der Waals surface area contributed by atoms with Crippen molar-refractivity contribution in [2.24, 2.45) is 7.05 Å². The molecule has 0 bridgehead atoms. The average Bonchev–Trinajstić information content (AvgIpc) is 3.07. The predicted octanol–water partition coefficient (Wildman–Crippen LogP) is 0.466. The zero-order valence-electron chi connectivity index (χ0n) is 9.90. The van der Waals surface area contributed by atoms with Crippen LogP contribution in [-0.2, 0) is 11.8 Å². The number of carbonyl (C=O) groups excluding carboxylic acids is 1. The van der Waals surface area contributed by atoms with Crippen molar-refractivity contribution in [3.63, 3.8) is 0 Å². The highest BCUT2D eigenvalue weighted by Gasteiger charge is 2.20. The molecule has 92 valence electrons. The lowest BCUT2D eigenvalue weighted by Gasteiger charge is -2.06. The molecule has 1 saturated carbocycles. The molecule has 2 rings (SSSR count). The molecule has 1 aliphatic rings. The number of anilines is 1. The molecule has 0 aromatic carbocycles. The summed E-state index contributed by atoms with van der Waals surface area (Å²) in [4.78, 5) is 22.7. The number of pyridine rings is 1. The molecule has 0 spiro atoms. The number of amides is 1. The number of rotatable bonds is 5. The van der Waals surface area contributed by atoms with Crippen molar-refractivity contribution in [1.29, 1.82) is 0 Å². The molecule has 5 nitrogen and oxygen atoms in total. The summed E-state index contributed by atoms with van der Waals surface area (Å²) in [7, 11) is 1.66. The smallest absolute Gasteiger partial charge is 0.250 e. The molecule has 0 aliphatic heterocycles. The summed E-state index contributed by atoms with van der Waals surface area (Å²) in [6.07, 6.45) is 4.53. The lowest BCUT2D eigenvalue weighted by molar-refractivity contribution is -0.116. The van der Waals surface area contributed by atoms with Crippen LogP contribution in [0.15, 0.2) is 23.1 Å². The monoisotopic (exact) mass is 235 g/mol. The average molecular weight is 235 g/mol. The van der Waals surface area contributed by atoms with Crippen LogP contribution in [-0.4, -0.2) is 23.1 Å². The van der Waals surface area contributed by atoms with Crippen molar-refractivity contribution in [2.75, 3.05) is 11.9 Å². The van der Waals surface area contributed by atoms with E-state index in [0.717, 1.165) is 0 Å². The van der Waals surface area contributed by atoms with Crippen molar-refractivity contribution < 1.29 is 4.79 Å². The first-order valence-corrected chi connectivity index (χ1v) is 5.85. The zero-order chi connectivity index (χ0) is 12.3. The third-order valence-electron chi connectivity index (χ3n) is 2.73. The third-order valence-corrected chi connectivity index (χ3v) is 2.73. The molecule has 0 atom stereocenters. The molecule has 1 aliphatic carbocycles. The first-order valence-electron chi connectivity index (χ1n) is 5.85. The minimum Gasteiger partial charge on any atom is -0.325 e. The number of hydrogen-bond acceptors (Lipinski definition) is 3. The fourth-order valence-corrected chi connectivity index (χ4v) is 1.57. The molecule has 5 heteroatoms. The Morgan fingerprint density at radius 2 is 2.24 bits per heavy atom. The topological polar surface area (TPSA) is 63.1 Å². The van der Waals surface area contributed by atoms with Crippen LogP contribution < -0.4 is 16.2 Å². The molecule has 17 heavy (non-hydrogen) atoms. The van der Waals surface area contributed by atoms with Gasteiger partial charge in [-0.3, -0.25) is 9.59 Å². The maximum absolute atomic E-state index is 11.6. The van der Waals surface area contributed by atoms with Crippen LogP contribution in [0.1, 0.15) is 19.3 Å². The van der Waals surface area contributed by atoms with Crippen molar-refractivity contribution in [3.05, 3.63) is 28.7 Å². The van der Waals surface area contributed by atoms with Crippen LogP contribution in [0, 0.1) is 0 Å². The molecule has 2 N–H and O–H groups in total. The highest BCUT2D eigenvalue weighted by Crippen LogP contribution is 2.18. The quantitative estimate of drug-likeness (QED) is 0.779. The number of nitrogens with one attached hydrogen (secondary N) is 2. The Hall–Kier alpha value is -1.62. The van der Waals surface area contributed by atoms with Gasteiger partial charge in [-0.2, -0.15) is 0 Å². The van der Waals surface area contributed by atoms with Crippen LogP contribution in [0.2, 0.25) is 0 Å². The first-order chi connectivity index (χ1) is 8.15. The SMILES string of the molecule is Cn1cc(NC(=O)CCNC2CC2)ccc1=O. The van der Waals surface area contributed by atoms with Gasteiger partial charge in [0.05, 0.1) is 5.69 Å². The molecule has 0 unspecified atom stereocenters. The van der Waals surface area contributed by atoms with E-state index in [-0.39, 0.29) is 11.5 Å². The maximum atomic E-state index is 11.6. The Balaban J connectivity index is 1.79. The summed E-state index contributed by atoms with van der Waals surface area (Å²) in [6, 6.07) is 3.69. The Labute approximate surface area is 99.8 Å². The Bertz CT molecular complexity index is 463. The molecule has 0 radical (unpaired) electrons. The van der Waals surface area contributed by atoms with Gasteiger partial charge in [-0.05, 0) is 18.9 Å². The van der Waals surface area contributed by atoms with E-state index in [1.165, 1.54) is 23.5 Å². The van der Waals surface area contributed by atoms with Gasteiger partial charge < -0.3 is 15.2 Å². The minimum absolute atomic E-state index is 0.0307. The van der Waals surface area contributed by atoms with Gasteiger partial charge in [0, 0.05) is 38.3 Å². The van der Waals surface area contributed by atoms with Crippen LogP contribution in [0.4, 0.5) is 5.69 Å². The van der Waals surface area contributed by atoms with E-state index < -0.39 is 0 Å². The van der Waals surface area contributed by atoms with Crippen LogP contribution >= 0.6 is 0 Å². The third kappa shape index (κ3) is 3.71. The summed E-state index contributed by atoms with van der Waals surface area (Å²) in [5, 5.41) is 6.04. The second kappa shape index (κ2) is 5.14. The summed E-state index contributed by atoms with van der Waals surface area (Å²) >= 11 is 0. The lowest BCUT2D eigenvalue weighted by atomic mass is 10.3. The number of aromatic nitrogens is 1. The summed E-state index contributed by atoms with van der Waals surface area (Å²) in [5.74, 6) is -0.0307. The van der Waals surface area contributed by atoms with Crippen molar-refractivity contribution in [1.82, 2.24) is 9.88 Å². The minimum atomic E-state index is -0.0848. The molecule has 0 saturated heterocycles. The van der Waals surface area contributed by atoms with E-state index in [1.54, 1.807) is 19.3 Å². The number of nitrogens with zero attached hydrogens (tertiary/aromatic N) is 1. The van der Waals surface area contributed by atoms with E-state index in [9.17, 15) is 9.59 Å². The predicted molar refractivity (Wildman–Crippen MR) is 66.0 cm³/mol. The van der Waals surface area contributed by atoms with Crippen molar-refractivity contribution in [2.45, 2.75) is 25.3 Å². The number of aryl methyl sites for hydroxylation is 1. The highest BCUT2D eigenvalue weighted by molar-refractivity contribution is 5.90. The zero-order valence-corrected chi connectivity index (χ0v) is 9.90. The van der Waals surface area contributed by atoms with Gasteiger partial charge in [0.25, 0.3) is 0 Å². The molecule has 1 aromatic heterocycles. The molecule has 1 amide bonds. The number of hydrogen-bond donors (Lipinski definition) is 2. The van der Waals surface area contributed by atoms with Gasteiger partial charge in [0.2, 0.25) is 11.5 Å². The molecular formula is C12H17N3O2. The largest absolute Gasteiger partial charge is 0.325 e. The van der Waals surface area contributed by atoms with E-state index in [2.05, 4.69) is 10.6 Å². The first kappa shape index (κ1) is 11.9. The summed E-state index contributed by atoms with van der Waals surface area (Å²) in [6.45, 7) is 0.711. The molecular weight excluding hydrogens is 218 g/mol. The van der Waals surface area contributed by atoms with Gasteiger partial charge in [0.1, 0.15) is 0 Å². The maximum Gasteiger partial charge on any atom is 0.250 e. The van der Waals surface area contributed by atoms with Crippen LogP contribution in [0.25, 0.3) is 0 Å². The van der Waals surface area contributed by atoms with Crippen molar-refractivity contribution >= 4 is 11.6 Å². The van der Waals surface area contributed by atoms with Gasteiger partial charge in [-0.1, -0.05) is 0 Å². The van der Waals surface area contributed by atoms with Crippen LogP contribution in [0.3, 0.4) is 0 Å². The molecule has 1 aromatic rings. The summed E-state index contributed by atoms with van der Waals surface area (Å²) in [5.41, 5.74) is 0.571. The standard InChI is InChI=1S/C12H17N3O2/c1-15-8-10(4-5-12(15)17)14-11(16)6-7-13-9-2-3-9/h4-5,8-9,13H,2-3,6-7H2,1H3,(H,14,16). The van der Waals surface area contributed by atoms with E-state index in [1.807, 2.05) is 0 Å². The van der Waals surface area contributed by atoms with E-state index in [0.29, 0.717) is 24.7 Å². The normalized spacial score (nSPS) is 14.6. The fourth-order valence-electron chi connectivity index (χ4n) is 1.57. The van der Waals surface area contributed by atoms with E-state index in [4.69, 9.17) is 0 Å². The fraction of sp³-hybridized carbons (Fsp3) is 0.500.